The Morgan fingerprint density at radius 3 is 2.65 bits per heavy atom. The fourth-order valence-electron chi connectivity index (χ4n) is 1.47. The second-order valence-electron chi connectivity index (χ2n) is 3.77. The molecule has 0 aliphatic heterocycles. The Kier molecular flexibility index (Phi) is 4.02. The Morgan fingerprint density at radius 1 is 1.25 bits per heavy atom. The molecule has 0 saturated heterocycles. The lowest BCUT2D eigenvalue weighted by Gasteiger charge is -2.00. The Balaban J connectivity index is 2.19. The highest BCUT2D eigenvalue weighted by atomic mass is 19.2. The Morgan fingerprint density at radius 2 is 1.95 bits per heavy atom. The Bertz CT molecular complexity index is 643. The molecule has 0 unspecified atom stereocenters. The van der Waals surface area contributed by atoms with Crippen LogP contribution in [0.1, 0.15) is 29.0 Å². The highest BCUT2D eigenvalue weighted by Gasteiger charge is 2.18. The number of rotatable bonds is 4. The molecule has 0 aliphatic carbocycles. The number of aromatic nitrogens is 2. The molecule has 8 heteroatoms. The quantitative estimate of drug-likeness (QED) is 0.637. The third-order valence-electron chi connectivity index (χ3n) is 2.36. The summed E-state index contributed by atoms with van der Waals surface area (Å²) in [6, 6.07) is 1.13. The highest BCUT2D eigenvalue weighted by Crippen LogP contribution is 2.16. The average molecular weight is 286 g/mol. The summed E-state index contributed by atoms with van der Waals surface area (Å²) in [5.41, 5.74) is -0.153. The van der Waals surface area contributed by atoms with E-state index in [-0.39, 0.29) is 30.3 Å². The number of benzene rings is 1. The molecule has 0 radical (unpaired) electrons. The molecule has 5 nitrogen and oxygen atoms in total. The fourth-order valence-corrected chi connectivity index (χ4v) is 1.47. The van der Waals surface area contributed by atoms with Crippen molar-refractivity contribution >= 4 is 5.97 Å². The summed E-state index contributed by atoms with van der Waals surface area (Å²) in [5.74, 6) is -4.65. The van der Waals surface area contributed by atoms with E-state index in [4.69, 9.17) is 0 Å². The largest absolute Gasteiger partial charge is 0.459 e. The lowest BCUT2D eigenvalue weighted by Crippen LogP contribution is -2.05. The van der Waals surface area contributed by atoms with E-state index in [1.165, 1.54) is 0 Å². The first-order chi connectivity index (χ1) is 9.51. The predicted octanol–water partition coefficient (Wildman–Crippen LogP) is 2.25. The zero-order valence-electron chi connectivity index (χ0n) is 10.3. The van der Waals surface area contributed by atoms with E-state index in [0.29, 0.717) is 12.1 Å². The van der Waals surface area contributed by atoms with Crippen molar-refractivity contribution in [3.05, 3.63) is 46.9 Å². The SMILES string of the molecule is CCOC(=O)c1nc(Cc2cc(F)c(F)cc2F)no1. The first kappa shape index (κ1) is 14.0. The van der Waals surface area contributed by atoms with Crippen LogP contribution in [-0.2, 0) is 11.2 Å². The number of nitrogens with zero attached hydrogens (tertiary/aromatic N) is 2. The molecule has 1 heterocycles. The first-order valence-corrected chi connectivity index (χ1v) is 5.64. The molecule has 1 aromatic heterocycles. The number of ether oxygens (including phenoxy) is 1. The minimum absolute atomic E-state index is 0.0436. The van der Waals surface area contributed by atoms with Crippen molar-refractivity contribution in [2.45, 2.75) is 13.3 Å². The summed E-state index contributed by atoms with van der Waals surface area (Å²) < 4.78 is 48.5. The zero-order chi connectivity index (χ0) is 14.7. The molecular formula is C12H9F3N2O3. The van der Waals surface area contributed by atoms with Crippen molar-refractivity contribution in [3.63, 3.8) is 0 Å². The normalized spacial score (nSPS) is 10.6. The maximum atomic E-state index is 13.4. The third-order valence-corrected chi connectivity index (χ3v) is 2.36. The third kappa shape index (κ3) is 2.95. The molecule has 0 bridgehead atoms. The summed E-state index contributed by atoms with van der Waals surface area (Å²) in [5, 5.41) is 3.44. The van der Waals surface area contributed by atoms with Gasteiger partial charge in [0.05, 0.1) is 6.61 Å². The second kappa shape index (κ2) is 5.72. The van der Waals surface area contributed by atoms with Crippen LogP contribution in [0.5, 0.6) is 0 Å². The van der Waals surface area contributed by atoms with Crippen LogP contribution in [0.25, 0.3) is 0 Å². The van der Waals surface area contributed by atoms with Crippen LogP contribution in [0.3, 0.4) is 0 Å². The maximum absolute atomic E-state index is 13.4. The number of halogens is 3. The summed E-state index contributed by atoms with van der Waals surface area (Å²) in [6.07, 6.45) is -0.244. The minimum atomic E-state index is -1.29. The molecule has 20 heavy (non-hydrogen) atoms. The van der Waals surface area contributed by atoms with Gasteiger partial charge in [-0.05, 0) is 18.6 Å². The van der Waals surface area contributed by atoms with Crippen LogP contribution in [-0.4, -0.2) is 22.7 Å². The van der Waals surface area contributed by atoms with E-state index < -0.39 is 23.4 Å². The molecule has 0 saturated carbocycles. The van der Waals surface area contributed by atoms with Gasteiger partial charge in [0, 0.05) is 12.5 Å². The molecular weight excluding hydrogens is 277 g/mol. The van der Waals surface area contributed by atoms with Gasteiger partial charge in [0.15, 0.2) is 17.5 Å². The molecule has 0 spiro atoms. The van der Waals surface area contributed by atoms with Crippen LogP contribution in [0.15, 0.2) is 16.7 Å². The summed E-state index contributed by atoms with van der Waals surface area (Å²) in [6.45, 7) is 1.74. The van der Waals surface area contributed by atoms with Gasteiger partial charge in [-0.25, -0.2) is 18.0 Å². The fraction of sp³-hybridized carbons (Fsp3) is 0.250. The average Bonchev–Trinajstić information content (AvgIpc) is 2.85. The van der Waals surface area contributed by atoms with E-state index in [1.54, 1.807) is 6.92 Å². The van der Waals surface area contributed by atoms with Crippen LogP contribution >= 0.6 is 0 Å². The van der Waals surface area contributed by atoms with E-state index in [0.717, 1.165) is 0 Å². The van der Waals surface area contributed by atoms with Crippen molar-refractivity contribution < 1.29 is 27.2 Å². The predicted molar refractivity (Wildman–Crippen MR) is 59.4 cm³/mol. The van der Waals surface area contributed by atoms with Crippen LogP contribution < -0.4 is 0 Å². The minimum Gasteiger partial charge on any atom is -0.459 e. The van der Waals surface area contributed by atoms with Gasteiger partial charge in [-0.1, -0.05) is 5.16 Å². The van der Waals surface area contributed by atoms with E-state index in [9.17, 15) is 18.0 Å². The van der Waals surface area contributed by atoms with Crippen LogP contribution in [0.2, 0.25) is 0 Å². The smallest absolute Gasteiger partial charge is 0.397 e. The molecule has 2 rings (SSSR count). The van der Waals surface area contributed by atoms with E-state index in [1.807, 2.05) is 0 Å². The number of hydrogen-bond donors (Lipinski definition) is 0. The molecule has 1 aromatic carbocycles. The maximum Gasteiger partial charge on any atom is 0.397 e. The van der Waals surface area contributed by atoms with Gasteiger partial charge in [-0.2, -0.15) is 4.98 Å². The number of hydrogen-bond acceptors (Lipinski definition) is 5. The monoisotopic (exact) mass is 286 g/mol. The van der Waals surface area contributed by atoms with Crippen molar-refractivity contribution in [2.75, 3.05) is 6.61 Å². The van der Waals surface area contributed by atoms with Crippen molar-refractivity contribution in [2.24, 2.45) is 0 Å². The Hall–Kier alpha value is -2.38. The van der Waals surface area contributed by atoms with Crippen molar-refractivity contribution in [1.29, 1.82) is 0 Å². The standard InChI is InChI=1S/C12H9F3N2O3/c1-2-19-12(18)11-16-10(17-20-11)4-6-3-8(14)9(15)5-7(6)13/h3,5H,2,4H2,1H3. The summed E-state index contributed by atoms with van der Waals surface area (Å²) in [7, 11) is 0. The molecule has 0 fully saturated rings. The van der Waals surface area contributed by atoms with Crippen LogP contribution in [0.4, 0.5) is 13.2 Å². The topological polar surface area (TPSA) is 65.2 Å². The van der Waals surface area contributed by atoms with Gasteiger partial charge in [-0.3, -0.25) is 0 Å². The molecule has 0 aliphatic rings. The van der Waals surface area contributed by atoms with Crippen molar-refractivity contribution in [1.82, 2.24) is 10.1 Å². The molecule has 0 amide bonds. The van der Waals surface area contributed by atoms with Gasteiger partial charge < -0.3 is 9.26 Å². The Labute approximate surface area is 111 Å². The lowest BCUT2D eigenvalue weighted by atomic mass is 10.1. The van der Waals surface area contributed by atoms with Gasteiger partial charge in [0.1, 0.15) is 5.82 Å². The highest BCUT2D eigenvalue weighted by molar-refractivity contribution is 5.83. The summed E-state index contributed by atoms with van der Waals surface area (Å²) in [4.78, 5) is 15.0. The van der Waals surface area contributed by atoms with Gasteiger partial charge in [0.2, 0.25) is 0 Å². The van der Waals surface area contributed by atoms with Crippen LogP contribution in [0, 0.1) is 17.5 Å². The summed E-state index contributed by atoms with van der Waals surface area (Å²) >= 11 is 0. The molecule has 0 atom stereocenters. The zero-order valence-corrected chi connectivity index (χ0v) is 10.3. The second-order valence-corrected chi connectivity index (χ2v) is 3.77. The lowest BCUT2D eigenvalue weighted by molar-refractivity contribution is 0.0470. The van der Waals surface area contributed by atoms with E-state index >= 15 is 0 Å². The molecule has 106 valence electrons. The van der Waals surface area contributed by atoms with Crippen molar-refractivity contribution in [3.8, 4) is 0 Å². The molecule has 0 N–H and O–H groups in total. The number of carbonyl (C=O) groups is 1. The number of carbonyl (C=O) groups excluding carboxylic acids is 1. The first-order valence-electron chi connectivity index (χ1n) is 5.64. The van der Waals surface area contributed by atoms with E-state index in [2.05, 4.69) is 19.4 Å². The molecule has 2 aromatic rings. The van der Waals surface area contributed by atoms with Gasteiger partial charge in [-0.15, -0.1) is 0 Å². The van der Waals surface area contributed by atoms with Gasteiger partial charge in [0.25, 0.3) is 0 Å². The number of esters is 1. The van der Waals surface area contributed by atoms with Gasteiger partial charge >= 0.3 is 11.9 Å².